The number of benzene rings is 1. The van der Waals surface area contributed by atoms with E-state index >= 15 is 0 Å². The summed E-state index contributed by atoms with van der Waals surface area (Å²) in [4.78, 5) is 4.89. The highest BCUT2D eigenvalue weighted by atomic mass is 79.9. The molecule has 2 rings (SSSR count). The first kappa shape index (κ1) is 15.3. The van der Waals surface area contributed by atoms with E-state index in [1.54, 1.807) is 0 Å². The monoisotopic (exact) mass is 334 g/mol. The molecule has 2 nitrogen and oxygen atoms in total. The van der Waals surface area contributed by atoms with E-state index in [1.165, 1.54) is 22.2 Å². The lowest BCUT2D eigenvalue weighted by Crippen LogP contribution is -2.07. The molecule has 1 aromatic carbocycles. The number of anilines is 1. The van der Waals surface area contributed by atoms with Crippen LogP contribution in [0.25, 0.3) is 10.9 Å². The Balaban J connectivity index is 2.89. The average Bonchev–Trinajstić information content (AvgIpc) is 2.38. The third-order valence-corrected chi connectivity index (χ3v) is 4.13. The summed E-state index contributed by atoms with van der Waals surface area (Å²) < 4.78 is 1.13. The number of nitrogens with zero attached hydrogens (tertiary/aromatic N) is 1. The third kappa shape index (κ3) is 2.69. The van der Waals surface area contributed by atoms with E-state index in [4.69, 9.17) is 4.98 Å². The Morgan fingerprint density at radius 3 is 2.50 bits per heavy atom. The van der Waals surface area contributed by atoms with E-state index in [2.05, 4.69) is 68.0 Å². The van der Waals surface area contributed by atoms with E-state index in [0.29, 0.717) is 5.92 Å². The number of fused-ring (bicyclic) bond motifs is 1. The van der Waals surface area contributed by atoms with Crippen LogP contribution in [0.5, 0.6) is 0 Å². The second-order valence-electron chi connectivity index (χ2n) is 5.49. The van der Waals surface area contributed by atoms with E-state index in [9.17, 15) is 0 Å². The number of aryl methyl sites for hydroxylation is 2. The summed E-state index contributed by atoms with van der Waals surface area (Å²) in [7, 11) is 0. The van der Waals surface area contributed by atoms with Crippen molar-refractivity contribution in [3.05, 3.63) is 33.4 Å². The van der Waals surface area contributed by atoms with Crippen LogP contribution in [0.3, 0.4) is 0 Å². The molecule has 0 radical (unpaired) electrons. The Hall–Kier alpha value is -1.09. The van der Waals surface area contributed by atoms with Gasteiger partial charge in [-0.25, -0.2) is 0 Å². The zero-order chi connectivity index (χ0) is 14.9. The summed E-state index contributed by atoms with van der Waals surface area (Å²) >= 11 is 3.63. The average molecular weight is 335 g/mol. The van der Waals surface area contributed by atoms with Crippen molar-refractivity contribution in [3.8, 4) is 0 Å². The first-order chi connectivity index (χ1) is 9.49. The summed E-state index contributed by atoms with van der Waals surface area (Å²) in [5.41, 5.74) is 6.15. The minimum Gasteiger partial charge on any atom is -0.384 e. The molecule has 0 saturated heterocycles. The highest BCUT2D eigenvalue weighted by Crippen LogP contribution is 2.36. The molecule has 0 unspecified atom stereocenters. The maximum Gasteiger partial charge on any atom is 0.0758 e. The molecule has 3 heteroatoms. The number of aromatic nitrogens is 1. The van der Waals surface area contributed by atoms with Crippen LogP contribution < -0.4 is 5.32 Å². The zero-order valence-electron chi connectivity index (χ0n) is 13.0. The summed E-state index contributed by atoms with van der Waals surface area (Å²) in [5, 5.41) is 4.79. The highest BCUT2D eigenvalue weighted by molar-refractivity contribution is 9.10. The smallest absolute Gasteiger partial charge is 0.0758 e. The van der Waals surface area contributed by atoms with Gasteiger partial charge in [0.25, 0.3) is 0 Å². The lowest BCUT2D eigenvalue weighted by Gasteiger charge is -2.20. The van der Waals surface area contributed by atoms with Crippen molar-refractivity contribution >= 4 is 32.5 Å². The van der Waals surface area contributed by atoms with Crippen LogP contribution in [-0.4, -0.2) is 11.5 Å². The Bertz CT molecular complexity index is 633. The van der Waals surface area contributed by atoms with Gasteiger partial charge < -0.3 is 5.32 Å². The minimum absolute atomic E-state index is 0.463. The zero-order valence-corrected chi connectivity index (χ0v) is 14.6. The molecule has 1 N–H and O–H groups in total. The molecule has 0 aliphatic carbocycles. The van der Waals surface area contributed by atoms with Gasteiger partial charge in [0.2, 0.25) is 0 Å². The lowest BCUT2D eigenvalue weighted by molar-refractivity contribution is 0.847. The molecule has 0 amide bonds. The molecule has 2 aromatic rings. The molecule has 0 fully saturated rings. The molecule has 0 saturated carbocycles. The van der Waals surface area contributed by atoms with E-state index in [1.807, 2.05) is 0 Å². The van der Waals surface area contributed by atoms with E-state index in [0.717, 1.165) is 28.6 Å². The van der Waals surface area contributed by atoms with Crippen LogP contribution in [0.2, 0.25) is 0 Å². The standard InChI is InChI=1S/C17H23BrN2/c1-6-12-8-13(18)9-14-16(12)20-11(5)15(10(3)4)17(14)19-7-2/h8-10H,6-7H2,1-5H3,(H,19,20). The topological polar surface area (TPSA) is 24.9 Å². The Labute approximate surface area is 130 Å². The van der Waals surface area contributed by atoms with Crippen molar-refractivity contribution in [2.75, 3.05) is 11.9 Å². The van der Waals surface area contributed by atoms with Gasteiger partial charge in [-0.15, -0.1) is 0 Å². The summed E-state index contributed by atoms with van der Waals surface area (Å²) in [6.45, 7) is 11.8. The van der Waals surface area contributed by atoms with Crippen LogP contribution in [-0.2, 0) is 6.42 Å². The molecule has 108 valence electrons. The quantitative estimate of drug-likeness (QED) is 0.806. The van der Waals surface area contributed by atoms with Gasteiger partial charge in [-0.3, -0.25) is 4.98 Å². The van der Waals surface area contributed by atoms with Crippen molar-refractivity contribution in [1.82, 2.24) is 4.98 Å². The van der Waals surface area contributed by atoms with Crippen molar-refractivity contribution in [2.45, 2.75) is 47.0 Å². The number of nitrogens with one attached hydrogen (secondary N) is 1. The Morgan fingerprint density at radius 1 is 1.25 bits per heavy atom. The van der Waals surface area contributed by atoms with Crippen molar-refractivity contribution in [1.29, 1.82) is 0 Å². The van der Waals surface area contributed by atoms with Gasteiger partial charge in [-0.1, -0.05) is 36.7 Å². The summed E-state index contributed by atoms with van der Waals surface area (Å²) in [5.74, 6) is 0.463. The number of pyridine rings is 1. The van der Waals surface area contributed by atoms with Gasteiger partial charge in [0.05, 0.1) is 5.52 Å². The van der Waals surface area contributed by atoms with Crippen molar-refractivity contribution in [2.24, 2.45) is 0 Å². The van der Waals surface area contributed by atoms with Crippen LogP contribution in [0.15, 0.2) is 16.6 Å². The molecular weight excluding hydrogens is 312 g/mol. The van der Waals surface area contributed by atoms with Gasteiger partial charge in [0, 0.05) is 27.8 Å². The Morgan fingerprint density at radius 2 is 1.95 bits per heavy atom. The maximum atomic E-state index is 4.89. The fourth-order valence-corrected chi connectivity index (χ4v) is 3.38. The van der Waals surface area contributed by atoms with Crippen LogP contribution in [0, 0.1) is 6.92 Å². The summed E-state index contributed by atoms with van der Waals surface area (Å²) in [6.07, 6.45) is 0.995. The van der Waals surface area contributed by atoms with E-state index in [-0.39, 0.29) is 0 Å². The second-order valence-corrected chi connectivity index (χ2v) is 6.40. The second kappa shape index (κ2) is 6.13. The van der Waals surface area contributed by atoms with E-state index < -0.39 is 0 Å². The predicted octanol–water partition coefficient (Wildman–Crippen LogP) is 5.42. The number of hydrogen-bond donors (Lipinski definition) is 1. The van der Waals surface area contributed by atoms with Gasteiger partial charge >= 0.3 is 0 Å². The molecule has 0 bridgehead atoms. The summed E-state index contributed by atoms with van der Waals surface area (Å²) in [6, 6.07) is 4.37. The van der Waals surface area contributed by atoms with Crippen LogP contribution in [0.1, 0.15) is 50.4 Å². The van der Waals surface area contributed by atoms with Crippen molar-refractivity contribution < 1.29 is 0 Å². The first-order valence-corrected chi connectivity index (χ1v) is 8.15. The molecule has 1 heterocycles. The number of rotatable bonds is 4. The Kier molecular flexibility index (Phi) is 4.69. The van der Waals surface area contributed by atoms with Crippen molar-refractivity contribution in [3.63, 3.8) is 0 Å². The molecular formula is C17H23BrN2. The molecule has 20 heavy (non-hydrogen) atoms. The first-order valence-electron chi connectivity index (χ1n) is 7.36. The van der Waals surface area contributed by atoms with Gasteiger partial charge in [0.1, 0.15) is 0 Å². The van der Waals surface area contributed by atoms with Gasteiger partial charge in [-0.05, 0) is 49.4 Å². The highest BCUT2D eigenvalue weighted by Gasteiger charge is 2.17. The molecule has 0 atom stereocenters. The fourth-order valence-electron chi connectivity index (χ4n) is 2.88. The molecule has 0 aliphatic heterocycles. The molecule has 0 aliphatic rings. The SMILES string of the molecule is CCNc1c(C(C)C)c(C)nc2c(CC)cc(Br)cc12. The van der Waals surface area contributed by atoms with Crippen LogP contribution >= 0.6 is 15.9 Å². The normalized spacial score (nSPS) is 11.3. The van der Waals surface area contributed by atoms with Crippen LogP contribution in [0.4, 0.5) is 5.69 Å². The molecule has 0 spiro atoms. The number of halogens is 1. The third-order valence-electron chi connectivity index (χ3n) is 3.67. The lowest BCUT2D eigenvalue weighted by atomic mass is 9.95. The number of hydrogen-bond acceptors (Lipinski definition) is 2. The minimum atomic E-state index is 0.463. The largest absolute Gasteiger partial charge is 0.384 e. The fraction of sp³-hybridized carbons (Fsp3) is 0.471. The predicted molar refractivity (Wildman–Crippen MR) is 91.8 cm³/mol. The van der Waals surface area contributed by atoms with Gasteiger partial charge in [-0.2, -0.15) is 0 Å². The molecule has 1 aromatic heterocycles. The van der Waals surface area contributed by atoms with Gasteiger partial charge in [0.15, 0.2) is 0 Å². The maximum absolute atomic E-state index is 4.89.